The Hall–Kier alpha value is -2.00. The summed E-state index contributed by atoms with van der Waals surface area (Å²) < 4.78 is 11.0. The summed E-state index contributed by atoms with van der Waals surface area (Å²) in [6, 6.07) is 13.8. The molecule has 0 bridgehead atoms. The van der Waals surface area contributed by atoms with Crippen molar-refractivity contribution in [1.82, 2.24) is 0 Å². The SMILES string of the molecule is COc1cccc(C(N)COc2cc(C)ccc2C)c1. The molecule has 3 nitrogen and oxygen atoms in total. The summed E-state index contributed by atoms with van der Waals surface area (Å²) in [7, 11) is 1.65. The second-order valence-corrected chi connectivity index (χ2v) is 4.96. The Morgan fingerprint density at radius 2 is 1.90 bits per heavy atom. The number of benzene rings is 2. The van der Waals surface area contributed by atoms with Crippen LogP contribution in [0.5, 0.6) is 11.5 Å². The van der Waals surface area contributed by atoms with Gasteiger partial charge in [0.2, 0.25) is 0 Å². The van der Waals surface area contributed by atoms with Crippen LogP contribution in [0.2, 0.25) is 0 Å². The molecule has 0 aliphatic heterocycles. The minimum absolute atomic E-state index is 0.176. The zero-order valence-corrected chi connectivity index (χ0v) is 12.2. The minimum atomic E-state index is -0.176. The molecular formula is C17H21NO2. The van der Waals surface area contributed by atoms with E-state index in [1.165, 1.54) is 5.56 Å². The first-order chi connectivity index (χ1) is 9.60. The minimum Gasteiger partial charge on any atom is -0.497 e. The average molecular weight is 271 g/mol. The van der Waals surface area contributed by atoms with Crippen LogP contribution in [0.1, 0.15) is 22.7 Å². The van der Waals surface area contributed by atoms with Gasteiger partial charge in [0.15, 0.2) is 0 Å². The fourth-order valence-corrected chi connectivity index (χ4v) is 2.01. The van der Waals surface area contributed by atoms with E-state index >= 15 is 0 Å². The summed E-state index contributed by atoms with van der Waals surface area (Å²) in [4.78, 5) is 0. The largest absolute Gasteiger partial charge is 0.497 e. The van der Waals surface area contributed by atoms with E-state index in [0.717, 1.165) is 22.6 Å². The molecular weight excluding hydrogens is 250 g/mol. The van der Waals surface area contributed by atoms with Gasteiger partial charge in [-0.2, -0.15) is 0 Å². The van der Waals surface area contributed by atoms with Crippen LogP contribution in [-0.2, 0) is 0 Å². The van der Waals surface area contributed by atoms with E-state index in [-0.39, 0.29) is 6.04 Å². The van der Waals surface area contributed by atoms with Crippen molar-refractivity contribution >= 4 is 0 Å². The molecule has 2 N–H and O–H groups in total. The summed E-state index contributed by atoms with van der Waals surface area (Å²) in [6.07, 6.45) is 0. The molecule has 0 saturated carbocycles. The van der Waals surface area contributed by atoms with Crippen molar-refractivity contribution < 1.29 is 9.47 Å². The van der Waals surface area contributed by atoms with Gasteiger partial charge in [-0.1, -0.05) is 24.3 Å². The molecule has 106 valence electrons. The van der Waals surface area contributed by atoms with E-state index in [4.69, 9.17) is 15.2 Å². The van der Waals surface area contributed by atoms with Crippen LogP contribution in [0.3, 0.4) is 0 Å². The number of hydrogen-bond acceptors (Lipinski definition) is 3. The highest BCUT2D eigenvalue weighted by atomic mass is 16.5. The number of rotatable bonds is 5. The predicted octanol–water partition coefficient (Wildman–Crippen LogP) is 3.39. The molecule has 0 heterocycles. The second-order valence-electron chi connectivity index (χ2n) is 4.96. The van der Waals surface area contributed by atoms with Crippen molar-refractivity contribution in [3.05, 3.63) is 59.2 Å². The Kier molecular flexibility index (Phi) is 4.64. The van der Waals surface area contributed by atoms with E-state index in [1.54, 1.807) is 7.11 Å². The Labute approximate surface area is 120 Å². The number of aryl methyl sites for hydroxylation is 2. The fraction of sp³-hybridized carbons (Fsp3) is 0.294. The molecule has 0 aliphatic carbocycles. The van der Waals surface area contributed by atoms with Crippen molar-refractivity contribution in [2.45, 2.75) is 19.9 Å². The monoisotopic (exact) mass is 271 g/mol. The van der Waals surface area contributed by atoms with Gasteiger partial charge in [0.25, 0.3) is 0 Å². The molecule has 0 fully saturated rings. The zero-order chi connectivity index (χ0) is 14.5. The van der Waals surface area contributed by atoms with Gasteiger partial charge in [-0.15, -0.1) is 0 Å². The average Bonchev–Trinajstić information content (AvgIpc) is 2.48. The maximum absolute atomic E-state index is 6.17. The Morgan fingerprint density at radius 1 is 1.10 bits per heavy atom. The summed E-state index contributed by atoms with van der Waals surface area (Å²) in [6.45, 7) is 4.53. The Bertz CT molecular complexity index is 581. The zero-order valence-electron chi connectivity index (χ0n) is 12.2. The molecule has 0 aromatic heterocycles. The predicted molar refractivity (Wildman–Crippen MR) is 81.3 cm³/mol. The van der Waals surface area contributed by atoms with Crippen LogP contribution >= 0.6 is 0 Å². The van der Waals surface area contributed by atoms with E-state index < -0.39 is 0 Å². The molecule has 3 heteroatoms. The van der Waals surface area contributed by atoms with Gasteiger partial charge in [-0.05, 0) is 48.7 Å². The third-order valence-corrected chi connectivity index (χ3v) is 3.28. The van der Waals surface area contributed by atoms with Gasteiger partial charge >= 0.3 is 0 Å². The van der Waals surface area contributed by atoms with E-state index in [9.17, 15) is 0 Å². The maximum atomic E-state index is 6.17. The highest BCUT2D eigenvalue weighted by Crippen LogP contribution is 2.22. The van der Waals surface area contributed by atoms with Crippen molar-refractivity contribution in [2.24, 2.45) is 5.73 Å². The molecule has 2 rings (SSSR count). The van der Waals surface area contributed by atoms with Crippen LogP contribution in [-0.4, -0.2) is 13.7 Å². The maximum Gasteiger partial charge on any atom is 0.122 e. The molecule has 0 amide bonds. The third-order valence-electron chi connectivity index (χ3n) is 3.28. The van der Waals surface area contributed by atoms with Gasteiger partial charge in [0, 0.05) is 0 Å². The highest BCUT2D eigenvalue weighted by molar-refractivity contribution is 5.36. The van der Waals surface area contributed by atoms with Crippen LogP contribution in [0.4, 0.5) is 0 Å². The van der Waals surface area contributed by atoms with E-state index in [2.05, 4.69) is 12.1 Å². The van der Waals surface area contributed by atoms with Gasteiger partial charge < -0.3 is 15.2 Å². The van der Waals surface area contributed by atoms with Gasteiger partial charge in [0.05, 0.1) is 13.2 Å². The third kappa shape index (κ3) is 3.52. The quantitative estimate of drug-likeness (QED) is 0.906. The lowest BCUT2D eigenvalue weighted by Crippen LogP contribution is -2.19. The van der Waals surface area contributed by atoms with Crippen molar-refractivity contribution in [3.63, 3.8) is 0 Å². The summed E-state index contributed by atoms with van der Waals surface area (Å²) >= 11 is 0. The molecule has 0 saturated heterocycles. The van der Waals surface area contributed by atoms with Gasteiger partial charge in [-0.25, -0.2) is 0 Å². The second kappa shape index (κ2) is 6.44. The van der Waals surface area contributed by atoms with E-state index in [1.807, 2.05) is 44.2 Å². The van der Waals surface area contributed by atoms with Crippen LogP contribution < -0.4 is 15.2 Å². The first-order valence-corrected chi connectivity index (χ1v) is 6.69. The fourth-order valence-electron chi connectivity index (χ4n) is 2.01. The van der Waals surface area contributed by atoms with Crippen LogP contribution in [0, 0.1) is 13.8 Å². The number of ether oxygens (including phenoxy) is 2. The molecule has 0 spiro atoms. The molecule has 0 aliphatic rings. The van der Waals surface area contributed by atoms with Crippen molar-refractivity contribution in [1.29, 1.82) is 0 Å². The molecule has 20 heavy (non-hydrogen) atoms. The molecule has 2 aromatic carbocycles. The first kappa shape index (κ1) is 14.4. The molecule has 2 aromatic rings. The summed E-state index contributed by atoms with van der Waals surface area (Å²) in [5, 5.41) is 0. The van der Waals surface area contributed by atoms with E-state index in [0.29, 0.717) is 6.61 Å². The molecule has 0 radical (unpaired) electrons. The number of hydrogen-bond donors (Lipinski definition) is 1. The topological polar surface area (TPSA) is 44.5 Å². The van der Waals surface area contributed by atoms with Crippen molar-refractivity contribution in [2.75, 3.05) is 13.7 Å². The van der Waals surface area contributed by atoms with Gasteiger partial charge in [0.1, 0.15) is 18.1 Å². The number of nitrogens with two attached hydrogens (primary N) is 1. The summed E-state index contributed by atoms with van der Waals surface area (Å²) in [5.74, 6) is 1.70. The first-order valence-electron chi connectivity index (χ1n) is 6.69. The lowest BCUT2D eigenvalue weighted by molar-refractivity contribution is 0.288. The van der Waals surface area contributed by atoms with Gasteiger partial charge in [-0.3, -0.25) is 0 Å². The summed E-state index contributed by atoms with van der Waals surface area (Å²) in [5.41, 5.74) is 9.48. The molecule has 1 unspecified atom stereocenters. The normalized spacial score (nSPS) is 12.0. The van der Waals surface area contributed by atoms with Crippen LogP contribution in [0.25, 0.3) is 0 Å². The Morgan fingerprint density at radius 3 is 2.65 bits per heavy atom. The lowest BCUT2D eigenvalue weighted by atomic mass is 10.1. The highest BCUT2D eigenvalue weighted by Gasteiger charge is 2.09. The van der Waals surface area contributed by atoms with Crippen LogP contribution in [0.15, 0.2) is 42.5 Å². The Balaban J connectivity index is 2.04. The number of methoxy groups -OCH3 is 1. The smallest absolute Gasteiger partial charge is 0.122 e. The molecule has 1 atom stereocenters. The lowest BCUT2D eigenvalue weighted by Gasteiger charge is -2.16. The standard InChI is InChI=1S/C17H21NO2/c1-12-7-8-13(2)17(9-12)20-11-16(18)14-5-4-6-15(10-14)19-3/h4-10,16H,11,18H2,1-3H3. The van der Waals surface area contributed by atoms with Crippen molar-refractivity contribution in [3.8, 4) is 11.5 Å².